The molecule has 16 heavy (non-hydrogen) atoms. The molecule has 0 saturated carbocycles. The van der Waals surface area contributed by atoms with Gasteiger partial charge in [-0.2, -0.15) is 0 Å². The molecule has 1 heteroatoms. The Bertz CT molecular complexity index is 601. The maximum absolute atomic E-state index is 11.2. The molecule has 0 fully saturated rings. The third kappa shape index (κ3) is 1.65. The summed E-state index contributed by atoms with van der Waals surface area (Å²) in [5, 5.41) is 2.43. The van der Waals surface area contributed by atoms with Crippen molar-refractivity contribution in [2.24, 2.45) is 0 Å². The quantitative estimate of drug-likeness (QED) is 0.637. The van der Waals surface area contributed by atoms with Crippen LogP contribution in [-0.2, 0) is 4.79 Å². The molecule has 0 atom stereocenters. The minimum absolute atomic E-state index is 0.0767. The molecule has 0 spiro atoms. The third-order valence-electron chi connectivity index (χ3n) is 2.58. The van der Waals surface area contributed by atoms with E-state index in [4.69, 9.17) is 0 Å². The first-order chi connectivity index (χ1) is 7.84. The Hall–Kier alpha value is -1.89. The second-order valence-corrected chi connectivity index (χ2v) is 3.48. The lowest BCUT2D eigenvalue weighted by molar-refractivity contribution is -0.110. The lowest BCUT2D eigenvalue weighted by atomic mass is 10.0. The number of ketones is 1. The fraction of sp³-hybridized carbons (Fsp3) is 0.133. The number of carbonyl (C=O) groups is 1. The van der Waals surface area contributed by atoms with Crippen molar-refractivity contribution in [3.63, 3.8) is 0 Å². The highest BCUT2D eigenvalue weighted by atomic mass is 16.1. The third-order valence-corrected chi connectivity index (χ3v) is 2.58. The van der Waals surface area contributed by atoms with Crippen molar-refractivity contribution in [2.45, 2.75) is 13.8 Å². The highest BCUT2D eigenvalue weighted by molar-refractivity contribution is 6.09. The van der Waals surface area contributed by atoms with Gasteiger partial charge in [-0.15, -0.1) is 0 Å². The largest absolute Gasteiger partial charge is 0.290 e. The number of benzene rings is 1. The van der Waals surface area contributed by atoms with Gasteiger partial charge in [0.15, 0.2) is 5.78 Å². The standard InChI is InChI=1S/C13H8O.C2H6/c14-11-5-6-13-10(8-11)7-9-3-1-2-4-12(9)13;1-2/h1-8H;1-2H3. The van der Waals surface area contributed by atoms with Gasteiger partial charge >= 0.3 is 0 Å². The van der Waals surface area contributed by atoms with Crippen molar-refractivity contribution >= 4 is 17.4 Å². The van der Waals surface area contributed by atoms with E-state index in [0.717, 1.165) is 5.57 Å². The van der Waals surface area contributed by atoms with Gasteiger partial charge in [-0.1, -0.05) is 38.1 Å². The number of allylic oxidation sites excluding steroid dienone is 4. The smallest absolute Gasteiger partial charge is 0.179 e. The molecule has 80 valence electrons. The molecule has 2 aliphatic rings. The number of rotatable bonds is 0. The van der Waals surface area contributed by atoms with E-state index in [1.807, 2.05) is 32.1 Å². The molecule has 0 bridgehead atoms. The summed E-state index contributed by atoms with van der Waals surface area (Å²) < 4.78 is 0. The lowest BCUT2D eigenvalue weighted by Crippen LogP contribution is -2.21. The molecule has 2 aliphatic carbocycles. The summed E-state index contributed by atoms with van der Waals surface area (Å²) in [6.45, 7) is 4.00. The molecule has 0 heterocycles. The molecule has 0 amide bonds. The van der Waals surface area contributed by atoms with Crippen molar-refractivity contribution in [2.75, 3.05) is 0 Å². The highest BCUT2D eigenvalue weighted by Gasteiger charge is 2.12. The summed E-state index contributed by atoms with van der Waals surface area (Å²) in [6, 6.07) is 8.19. The van der Waals surface area contributed by atoms with E-state index in [1.165, 1.54) is 16.0 Å². The van der Waals surface area contributed by atoms with Gasteiger partial charge in [-0.05, 0) is 45.9 Å². The topological polar surface area (TPSA) is 17.1 Å². The zero-order valence-electron chi connectivity index (χ0n) is 9.53. The zero-order chi connectivity index (χ0) is 11.5. The summed E-state index contributed by atoms with van der Waals surface area (Å²) in [7, 11) is 0. The molecule has 1 aromatic carbocycles. The van der Waals surface area contributed by atoms with Gasteiger partial charge in [0.2, 0.25) is 0 Å². The zero-order valence-corrected chi connectivity index (χ0v) is 9.53. The van der Waals surface area contributed by atoms with Gasteiger partial charge in [-0.3, -0.25) is 4.79 Å². The Kier molecular flexibility index (Phi) is 2.86. The van der Waals surface area contributed by atoms with Crippen molar-refractivity contribution in [3.8, 4) is 0 Å². The first-order valence-corrected chi connectivity index (χ1v) is 5.60. The summed E-state index contributed by atoms with van der Waals surface area (Å²) in [6.07, 6.45) is 7.27. The van der Waals surface area contributed by atoms with E-state index in [9.17, 15) is 4.79 Å². The predicted molar refractivity (Wildman–Crippen MR) is 67.1 cm³/mol. The van der Waals surface area contributed by atoms with Crippen molar-refractivity contribution in [3.05, 3.63) is 58.5 Å². The van der Waals surface area contributed by atoms with Gasteiger partial charge in [0.05, 0.1) is 0 Å². The number of hydrogen-bond acceptors (Lipinski definition) is 1. The molecule has 0 radical (unpaired) electrons. The maximum atomic E-state index is 11.2. The van der Waals surface area contributed by atoms with Crippen LogP contribution in [0.4, 0.5) is 0 Å². The van der Waals surface area contributed by atoms with Crippen LogP contribution in [0.3, 0.4) is 0 Å². The van der Waals surface area contributed by atoms with Crippen LogP contribution in [0.2, 0.25) is 0 Å². The van der Waals surface area contributed by atoms with Gasteiger partial charge in [0.25, 0.3) is 0 Å². The molecule has 1 nitrogen and oxygen atoms in total. The lowest BCUT2D eigenvalue weighted by Gasteiger charge is -2.02. The Morgan fingerprint density at radius 1 is 0.938 bits per heavy atom. The van der Waals surface area contributed by atoms with Crippen LogP contribution < -0.4 is 10.4 Å². The molecule has 0 saturated heterocycles. The molecule has 0 N–H and O–H groups in total. The number of carbonyl (C=O) groups excluding carboxylic acids is 1. The van der Waals surface area contributed by atoms with Gasteiger partial charge in [0, 0.05) is 0 Å². The highest BCUT2D eigenvalue weighted by Crippen LogP contribution is 2.19. The predicted octanol–water partition coefficient (Wildman–Crippen LogP) is 1.72. The van der Waals surface area contributed by atoms with Crippen molar-refractivity contribution in [1.82, 2.24) is 0 Å². The van der Waals surface area contributed by atoms with E-state index >= 15 is 0 Å². The minimum Gasteiger partial charge on any atom is -0.290 e. The molecule has 0 aliphatic heterocycles. The second kappa shape index (κ2) is 4.31. The molecular formula is C15H14O. The van der Waals surface area contributed by atoms with Crippen LogP contribution in [0, 0.1) is 0 Å². The molecule has 3 rings (SSSR count). The molecule has 0 unspecified atom stereocenters. The first kappa shape index (κ1) is 10.6. The summed E-state index contributed by atoms with van der Waals surface area (Å²) in [5.74, 6) is 0.0767. The van der Waals surface area contributed by atoms with Crippen LogP contribution in [0.1, 0.15) is 13.8 Å². The molecular weight excluding hydrogens is 196 g/mol. The van der Waals surface area contributed by atoms with E-state index < -0.39 is 0 Å². The van der Waals surface area contributed by atoms with Crippen LogP contribution in [0.25, 0.3) is 11.6 Å². The normalized spacial score (nSPS) is 15.5. The molecule has 1 aromatic rings. The van der Waals surface area contributed by atoms with E-state index in [0.29, 0.717) is 0 Å². The fourth-order valence-electron chi connectivity index (χ4n) is 1.94. The average Bonchev–Trinajstić information content (AvgIpc) is 2.68. The average molecular weight is 210 g/mol. The van der Waals surface area contributed by atoms with Crippen LogP contribution in [0.15, 0.2) is 48.1 Å². The van der Waals surface area contributed by atoms with Crippen molar-refractivity contribution in [1.29, 1.82) is 0 Å². The van der Waals surface area contributed by atoms with Crippen LogP contribution in [0.5, 0.6) is 0 Å². The van der Waals surface area contributed by atoms with Gasteiger partial charge in [0.1, 0.15) is 0 Å². The number of fused-ring (bicyclic) bond motifs is 2. The monoisotopic (exact) mass is 210 g/mol. The minimum atomic E-state index is 0.0767. The maximum Gasteiger partial charge on any atom is 0.179 e. The Labute approximate surface area is 95.1 Å². The Balaban J connectivity index is 0.000000457. The second-order valence-electron chi connectivity index (χ2n) is 3.48. The van der Waals surface area contributed by atoms with E-state index in [-0.39, 0.29) is 5.78 Å². The van der Waals surface area contributed by atoms with Gasteiger partial charge < -0.3 is 0 Å². The van der Waals surface area contributed by atoms with Gasteiger partial charge in [-0.25, -0.2) is 0 Å². The van der Waals surface area contributed by atoms with Crippen LogP contribution >= 0.6 is 0 Å². The van der Waals surface area contributed by atoms with Crippen molar-refractivity contribution < 1.29 is 4.79 Å². The molecule has 0 aromatic heterocycles. The summed E-state index contributed by atoms with van der Waals surface area (Å²) in [5.41, 5.74) is 2.21. The fourth-order valence-corrected chi connectivity index (χ4v) is 1.94. The van der Waals surface area contributed by atoms with E-state index in [2.05, 4.69) is 18.2 Å². The summed E-state index contributed by atoms with van der Waals surface area (Å²) in [4.78, 5) is 11.2. The Morgan fingerprint density at radius 3 is 2.50 bits per heavy atom. The first-order valence-electron chi connectivity index (χ1n) is 5.60. The van der Waals surface area contributed by atoms with Crippen LogP contribution in [-0.4, -0.2) is 5.78 Å². The number of hydrogen-bond donors (Lipinski definition) is 0. The van der Waals surface area contributed by atoms with E-state index in [1.54, 1.807) is 12.2 Å². The SMILES string of the molecule is CC.O=C1C=CC2=c3ccccc3=CC2=C1. The Morgan fingerprint density at radius 2 is 1.69 bits per heavy atom. The summed E-state index contributed by atoms with van der Waals surface area (Å²) >= 11 is 0.